The number of nitrogens with zero attached hydrogens (tertiary/aromatic N) is 1. The lowest BCUT2D eigenvalue weighted by molar-refractivity contribution is -0.130. The van der Waals surface area contributed by atoms with E-state index in [9.17, 15) is 4.79 Å². The number of nitrogens with one attached hydrogen (secondary N) is 1. The second-order valence-corrected chi connectivity index (χ2v) is 7.47. The van der Waals surface area contributed by atoms with Crippen molar-refractivity contribution in [3.63, 3.8) is 0 Å². The topological polar surface area (TPSA) is 41.6 Å². The number of amides is 1. The van der Waals surface area contributed by atoms with Crippen LogP contribution in [0.4, 0.5) is 0 Å². The molecule has 1 N–H and O–H groups in total. The van der Waals surface area contributed by atoms with Gasteiger partial charge in [0.05, 0.1) is 18.6 Å². The molecule has 24 heavy (non-hydrogen) atoms. The highest BCUT2D eigenvalue weighted by atomic mass is 16.5. The van der Waals surface area contributed by atoms with Crippen molar-refractivity contribution in [1.29, 1.82) is 0 Å². The maximum absolute atomic E-state index is 13.0. The van der Waals surface area contributed by atoms with Crippen LogP contribution in [0.2, 0.25) is 0 Å². The summed E-state index contributed by atoms with van der Waals surface area (Å²) in [6.45, 7) is 8.72. The van der Waals surface area contributed by atoms with Gasteiger partial charge in [-0.3, -0.25) is 9.69 Å². The van der Waals surface area contributed by atoms with Crippen molar-refractivity contribution in [1.82, 2.24) is 10.2 Å². The van der Waals surface area contributed by atoms with Crippen LogP contribution in [-0.4, -0.2) is 49.7 Å². The molecule has 1 atom stereocenters. The standard InChI is InChI=1S/C20H30N2O2/c1-16(2)18(22-11-13-24-14-12-22)15-21-19(23)20(9-6-10-20)17-7-4-3-5-8-17/h3-5,7-8,16,18H,6,9-15H2,1-2H3,(H,21,23). The molecule has 0 aromatic heterocycles. The summed E-state index contributed by atoms with van der Waals surface area (Å²) in [4.78, 5) is 15.5. The molecule has 132 valence electrons. The molecule has 1 amide bonds. The Kier molecular flexibility index (Phi) is 5.57. The highest BCUT2D eigenvalue weighted by Gasteiger charge is 2.45. The molecule has 1 aromatic carbocycles. The average Bonchev–Trinajstić information content (AvgIpc) is 2.56. The zero-order valence-corrected chi connectivity index (χ0v) is 15.0. The van der Waals surface area contributed by atoms with Gasteiger partial charge < -0.3 is 10.1 Å². The molecule has 2 aliphatic rings. The monoisotopic (exact) mass is 330 g/mol. The molecule has 3 rings (SSSR count). The molecular formula is C20H30N2O2. The molecule has 0 bridgehead atoms. The summed E-state index contributed by atoms with van der Waals surface area (Å²) < 4.78 is 5.46. The molecule has 2 fully saturated rings. The molecule has 0 radical (unpaired) electrons. The number of carbonyl (C=O) groups excluding carboxylic acids is 1. The zero-order chi connectivity index (χ0) is 17.0. The third kappa shape index (κ3) is 3.50. The molecule has 1 aliphatic carbocycles. The van der Waals surface area contributed by atoms with Gasteiger partial charge in [-0.2, -0.15) is 0 Å². The summed E-state index contributed by atoms with van der Waals surface area (Å²) >= 11 is 0. The van der Waals surface area contributed by atoms with E-state index in [-0.39, 0.29) is 11.3 Å². The summed E-state index contributed by atoms with van der Waals surface area (Å²) in [6.07, 6.45) is 3.07. The second kappa shape index (κ2) is 7.66. The summed E-state index contributed by atoms with van der Waals surface area (Å²) in [5, 5.41) is 3.28. The van der Waals surface area contributed by atoms with Crippen LogP contribution >= 0.6 is 0 Å². The van der Waals surface area contributed by atoms with Crippen LogP contribution in [0.15, 0.2) is 30.3 Å². The third-order valence-corrected chi connectivity index (χ3v) is 5.72. The van der Waals surface area contributed by atoms with Gasteiger partial charge in [-0.1, -0.05) is 50.6 Å². The van der Waals surface area contributed by atoms with Crippen LogP contribution in [0.1, 0.15) is 38.7 Å². The van der Waals surface area contributed by atoms with Gasteiger partial charge in [-0.25, -0.2) is 0 Å². The Morgan fingerprint density at radius 2 is 1.88 bits per heavy atom. The van der Waals surface area contributed by atoms with Gasteiger partial charge in [0.2, 0.25) is 5.91 Å². The Balaban J connectivity index is 1.64. The molecule has 1 saturated carbocycles. The van der Waals surface area contributed by atoms with Crippen molar-refractivity contribution in [2.24, 2.45) is 5.92 Å². The first-order valence-corrected chi connectivity index (χ1v) is 9.29. The van der Waals surface area contributed by atoms with Crippen molar-refractivity contribution in [3.8, 4) is 0 Å². The second-order valence-electron chi connectivity index (χ2n) is 7.47. The largest absolute Gasteiger partial charge is 0.379 e. The predicted octanol–water partition coefficient (Wildman–Crippen LogP) is 2.58. The van der Waals surface area contributed by atoms with Crippen LogP contribution < -0.4 is 5.32 Å². The van der Waals surface area contributed by atoms with E-state index in [1.807, 2.05) is 18.2 Å². The Hall–Kier alpha value is -1.39. The number of rotatable bonds is 6. The lowest BCUT2D eigenvalue weighted by Crippen LogP contribution is -2.55. The van der Waals surface area contributed by atoms with Gasteiger partial charge in [0.1, 0.15) is 0 Å². The maximum atomic E-state index is 13.0. The Bertz CT molecular complexity index is 534. The molecule has 4 nitrogen and oxygen atoms in total. The number of carbonyl (C=O) groups is 1. The van der Waals surface area contributed by atoms with Gasteiger partial charge in [-0.15, -0.1) is 0 Å². The molecular weight excluding hydrogens is 300 g/mol. The van der Waals surface area contributed by atoms with E-state index in [1.54, 1.807) is 0 Å². The van der Waals surface area contributed by atoms with Crippen LogP contribution in [0.25, 0.3) is 0 Å². The molecule has 1 saturated heterocycles. The van der Waals surface area contributed by atoms with E-state index in [0.29, 0.717) is 12.0 Å². The number of benzene rings is 1. The Morgan fingerprint density at radius 3 is 2.42 bits per heavy atom. The van der Waals surface area contributed by atoms with Crippen LogP contribution in [0.5, 0.6) is 0 Å². The fraction of sp³-hybridized carbons (Fsp3) is 0.650. The number of hydrogen-bond donors (Lipinski definition) is 1. The van der Waals surface area contributed by atoms with Crippen molar-refractivity contribution in [2.45, 2.75) is 44.6 Å². The number of morpholine rings is 1. The molecule has 1 heterocycles. The van der Waals surface area contributed by atoms with Gasteiger partial charge in [0.15, 0.2) is 0 Å². The van der Waals surface area contributed by atoms with Gasteiger partial charge in [0, 0.05) is 25.7 Å². The zero-order valence-electron chi connectivity index (χ0n) is 15.0. The molecule has 1 unspecified atom stereocenters. The Labute approximate surface area is 145 Å². The van der Waals surface area contributed by atoms with Crippen molar-refractivity contribution in [2.75, 3.05) is 32.8 Å². The van der Waals surface area contributed by atoms with Crippen molar-refractivity contribution >= 4 is 5.91 Å². The summed E-state index contributed by atoms with van der Waals surface area (Å²) in [7, 11) is 0. The molecule has 4 heteroatoms. The van der Waals surface area contributed by atoms with Crippen LogP contribution in [-0.2, 0) is 14.9 Å². The first-order chi connectivity index (χ1) is 11.6. The minimum absolute atomic E-state index is 0.207. The smallest absolute Gasteiger partial charge is 0.230 e. The van der Waals surface area contributed by atoms with E-state index in [2.05, 4.69) is 36.2 Å². The molecule has 1 aromatic rings. The summed E-state index contributed by atoms with van der Waals surface area (Å²) in [5.41, 5.74) is 0.870. The minimum Gasteiger partial charge on any atom is -0.379 e. The summed E-state index contributed by atoms with van der Waals surface area (Å²) in [5.74, 6) is 0.719. The minimum atomic E-state index is -0.298. The Morgan fingerprint density at radius 1 is 1.21 bits per heavy atom. The molecule has 1 aliphatic heterocycles. The lowest BCUT2D eigenvalue weighted by atomic mass is 9.64. The summed E-state index contributed by atoms with van der Waals surface area (Å²) in [6, 6.07) is 10.7. The van der Waals surface area contributed by atoms with Crippen LogP contribution in [0.3, 0.4) is 0 Å². The fourth-order valence-electron chi connectivity index (χ4n) is 4.00. The molecule has 0 spiro atoms. The van der Waals surface area contributed by atoms with E-state index in [4.69, 9.17) is 4.74 Å². The average molecular weight is 330 g/mol. The van der Waals surface area contributed by atoms with Crippen molar-refractivity contribution in [3.05, 3.63) is 35.9 Å². The van der Waals surface area contributed by atoms with Crippen LogP contribution in [0, 0.1) is 5.92 Å². The highest BCUT2D eigenvalue weighted by molar-refractivity contribution is 5.89. The highest BCUT2D eigenvalue weighted by Crippen LogP contribution is 2.43. The quantitative estimate of drug-likeness (QED) is 0.872. The van der Waals surface area contributed by atoms with E-state index < -0.39 is 0 Å². The third-order valence-electron chi connectivity index (χ3n) is 5.72. The maximum Gasteiger partial charge on any atom is 0.230 e. The number of ether oxygens (including phenoxy) is 1. The van der Waals surface area contributed by atoms with E-state index in [1.165, 1.54) is 5.56 Å². The first-order valence-electron chi connectivity index (χ1n) is 9.29. The number of hydrogen-bond acceptors (Lipinski definition) is 3. The van der Waals surface area contributed by atoms with Gasteiger partial charge in [0.25, 0.3) is 0 Å². The predicted molar refractivity (Wildman–Crippen MR) is 96.0 cm³/mol. The SMILES string of the molecule is CC(C)C(CNC(=O)C1(c2ccccc2)CCC1)N1CCOCC1. The normalized spacial score (nSPS) is 22.0. The lowest BCUT2D eigenvalue weighted by Gasteiger charge is -2.42. The van der Waals surface area contributed by atoms with E-state index in [0.717, 1.165) is 52.1 Å². The van der Waals surface area contributed by atoms with Crippen molar-refractivity contribution < 1.29 is 9.53 Å². The van der Waals surface area contributed by atoms with Gasteiger partial charge in [-0.05, 0) is 24.3 Å². The fourth-order valence-corrected chi connectivity index (χ4v) is 4.00. The van der Waals surface area contributed by atoms with E-state index >= 15 is 0 Å². The van der Waals surface area contributed by atoms with Gasteiger partial charge >= 0.3 is 0 Å². The first kappa shape index (κ1) is 17.4.